The van der Waals surface area contributed by atoms with Crippen LogP contribution in [0.3, 0.4) is 0 Å². The number of hydrogen-bond donors (Lipinski definition) is 1. The first-order chi connectivity index (χ1) is 7.30. The normalized spacial score (nSPS) is 18.5. The second-order valence-corrected chi connectivity index (χ2v) is 4.74. The van der Waals surface area contributed by atoms with Gasteiger partial charge < -0.3 is 4.74 Å². The fourth-order valence-electron chi connectivity index (χ4n) is 2.11. The third kappa shape index (κ3) is 2.06. The van der Waals surface area contributed by atoms with Crippen molar-refractivity contribution in [3.63, 3.8) is 0 Å². The summed E-state index contributed by atoms with van der Waals surface area (Å²) in [6.07, 6.45) is 2.22. The lowest BCUT2D eigenvalue weighted by molar-refractivity contribution is -0.0613. The zero-order chi connectivity index (χ0) is 10.7. The van der Waals surface area contributed by atoms with Crippen molar-refractivity contribution in [3.8, 4) is 0 Å². The molecule has 0 N–H and O–H groups in total. The summed E-state index contributed by atoms with van der Waals surface area (Å²) in [5.41, 5.74) is 3.08. The molecule has 0 saturated carbocycles. The summed E-state index contributed by atoms with van der Waals surface area (Å²) >= 11 is 4.34. The summed E-state index contributed by atoms with van der Waals surface area (Å²) in [6, 6.07) is 8.97. The lowest BCUT2D eigenvalue weighted by Gasteiger charge is -2.42. The monoisotopic (exact) mass is 222 g/mol. The van der Waals surface area contributed by atoms with Crippen LogP contribution in [0.2, 0.25) is 0 Å². The lowest BCUT2D eigenvalue weighted by atomic mass is 9.76. The number of hydrogen-bond acceptors (Lipinski definition) is 2. The third-order valence-electron chi connectivity index (χ3n) is 3.32. The first-order valence-corrected chi connectivity index (χ1v) is 6.22. The minimum Gasteiger partial charge on any atom is -0.379 e. The van der Waals surface area contributed by atoms with Gasteiger partial charge in [0, 0.05) is 5.41 Å². The van der Waals surface area contributed by atoms with Crippen LogP contribution in [0.25, 0.3) is 0 Å². The van der Waals surface area contributed by atoms with Gasteiger partial charge in [0.05, 0.1) is 13.2 Å². The van der Waals surface area contributed by atoms with Gasteiger partial charge in [-0.3, -0.25) is 0 Å². The molecule has 0 aliphatic carbocycles. The first kappa shape index (κ1) is 11.0. The molecule has 0 unspecified atom stereocenters. The molecule has 2 heteroatoms. The van der Waals surface area contributed by atoms with Gasteiger partial charge in [0.15, 0.2) is 0 Å². The van der Waals surface area contributed by atoms with Gasteiger partial charge in [-0.25, -0.2) is 0 Å². The molecule has 1 saturated heterocycles. The van der Waals surface area contributed by atoms with E-state index in [0.717, 1.165) is 31.8 Å². The average Bonchev–Trinajstić information content (AvgIpc) is 2.24. The van der Waals surface area contributed by atoms with Gasteiger partial charge >= 0.3 is 0 Å². The van der Waals surface area contributed by atoms with E-state index in [0.29, 0.717) is 0 Å². The van der Waals surface area contributed by atoms with Gasteiger partial charge in [0.1, 0.15) is 0 Å². The van der Waals surface area contributed by atoms with Crippen molar-refractivity contribution in [2.45, 2.75) is 25.2 Å². The quantitative estimate of drug-likeness (QED) is 0.771. The molecule has 1 aliphatic heterocycles. The highest BCUT2D eigenvalue weighted by molar-refractivity contribution is 7.80. The zero-order valence-corrected chi connectivity index (χ0v) is 10.1. The summed E-state index contributed by atoms with van der Waals surface area (Å²) in [7, 11) is 0. The van der Waals surface area contributed by atoms with Crippen molar-refractivity contribution in [2.24, 2.45) is 0 Å². The van der Waals surface area contributed by atoms with Gasteiger partial charge in [-0.1, -0.05) is 31.2 Å². The van der Waals surface area contributed by atoms with E-state index in [2.05, 4.69) is 43.8 Å². The van der Waals surface area contributed by atoms with Gasteiger partial charge in [0.2, 0.25) is 0 Å². The summed E-state index contributed by atoms with van der Waals surface area (Å²) in [4.78, 5) is 0. The molecule has 1 nitrogen and oxygen atoms in total. The predicted octanol–water partition coefficient (Wildman–Crippen LogP) is 2.84. The van der Waals surface area contributed by atoms with E-state index in [1.807, 2.05) is 0 Å². The number of benzene rings is 1. The maximum absolute atomic E-state index is 5.37. The first-order valence-electron chi connectivity index (χ1n) is 5.59. The topological polar surface area (TPSA) is 9.23 Å². The highest BCUT2D eigenvalue weighted by atomic mass is 32.1. The molecule has 0 spiro atoms. The highest BCUT2D eigenvalue weighted by Crippen LogP contribution is 2.36. The van der Waals surface area contributed by atoms with Crippen molar-refractivity contribution in [1.82, 2.24) is 0 Å². The molecule has 0 amide bonds. The third-order valence-corrected chi connectivity index (χ3v) is 3.55. The van der Waals surface area contributed by atoms with Crippen molar-refractivity contribution >= 4 is 12.6 Å². The standard InChI is InChI=1S/C13H18OS/c1-2-11-3-5-12(6-4-11)13(7-8-15)9-14-10-13/h3-6,15H,2,7-10H2,1H3. The van der Waals surface area contributed by atoms with E-state index in [1.165, 1.54) is 11.1 Å². The van der Waals surface area contributed by atoms with Crippen LogP contribution < -0.4 is 0 Å². The largest absolute Gasteiger partial charge is 0.379 e. The number of thiol groups is 1. The van der Waals surface area contributed by atoms with E-state index in [4.69, 9.17) is 4.74 Å². The van der Waals surface area contributed by atoms with Crippen LogP contribution in [0.1, 0.15) is 24.5 Å². The Balaban J connectivity index is 2.19. The van der Waals surface area contributed by atoms with Crippen LogP contribution in [0, 0.1) is 0 Å². The van der Waals surface area contributed by atoms with Crippen molar-refractivity contribution < 1.29 is 4.74 Å². The number of rotatable bonds is 4. The van der Waals surface area contributed by atoms with Crippen LogP contribution in [-0.2, 0) is 16.6 Å². The molecule has 15 heavy (non-hydrogen) atoms. The summed E-state index contributed by atoms with van der Waals surface area (Å²) in [5.74, 6) is 0.929. The van der Waals surface area contributed by atoms with Crippen molar-refractivity contribution in [2.75, 3.05) is 19.0 Å². The minimum absolute atomic E-state index is 0.258. The Morgan fingerprint density at radius 3 is 2.33 bits per heavy atom. The molecular formula is C13H18OS. The van der Waals surface area contributed by atoms with E-state index >= 15 is 0 Å². The molecule has 1 aliphatic rings. The van der Waals surface area contributed by atoms with E-state index in [1.54, 1.807) is 0 Å². The van der Waals surface area contributed by atoms with Crippen molar-refractivity contribution in [1.29, 1.82) is 0 Å². The average molecular weight is 222 g/mol. The predicted molar refractivity (Wildman–Crippen MR) is 66.8 cm³/mol. The number of ether oxygens (including phenoxy) is 1. The Bertz CT molecular complexity index is 314. The van der Waals surface area contributed by atoms with Crippen LogP contribution >= 0.6 is 12.6 Å². The molecule has 2 rings (SSSR count). The van der Waals surface area contributed by atoms with Gasteiger partial charge in [-0.2, -0.15) is 12.6 Å². The summed E-state index contributed by atoms with van der Waals surface area (Å²) in [6.45, 7) is 3.91. The minimum atomic E-state index is 0.258. The molecule has 0 bridgehead atoms. The molecule has 1 fully saturated rings. The Morgan fingerprint density at radius 2 is 1.93 bits per heavy atom. The molecule has 1 aromatic carbocycles. The van der Waals surface area contributed by atoms with E-state index in [-0.39, 0.29) is 5.41 Å². The Kier molecular flexibility index (Phi) is 3.37. The van der Waals surface area contributed by atoms with E-state index < -0.39 is 0 Å². The van der Waals surface area contributed by atoms with Crippen LogP contribution in [0.4, 0.5) is 0 Å². The Hall–Kier alpha value is -0.470. The SMILES string of the molecule is CCc1ccc(C2(CCS)COC2)cc1. The Morgan fingerprint density at radius 1 is 1.27 bits per heavy atom. The zero-order valence-electron chi connectivity index (χ0n) is 9.20. The molecular weight excluding hydrogens is 204 g/mol. The molecule has 82 valence electrons. The molecule has 0 aromatic heterocycles. The molecule has 0 atom stereocenters. The lowest BCUT2D eigenvalue weighted by Crippen LogP contribution is -2.47. The molecule has 0 radical (unpaired) electrons. The maximum Gasteiger partial charge on any atom is 0.0585 e. The summed E-state index contributed by atoms with van der Waals surface area (Å²) in [5, 5.41) is 0. The second-order valence-electron chi connectivity index (χ2n) is 4.30. The van der Waals surface area contributed by atoms with Gasteiger partial charge in [0.25, 0.3) is 0 Å². The smallest absolute Gasteiger partial charge is 0.0585 e. The van der Waals surface area contributed by atoms with Crippen LogP contribution in [0.5, 0.6) is 0 Å². The highest BCUT2D eigenvalue weighted by Gasteiger charge is 2.39. The fraction of sp³-hybridized carbons (Fsp3) is 0.538. The van der Waals surface area contributed by atoms with E-state index in [9.17, 15) is 0 Å². The fourth-order valence-corrected chi connectivity index (χ4v) is 2.54. The molecule has 1 heterocycles. The second kappa shape index (κ2) is 4.58. The van der Waals surface area contributed by atoms with Gasteiger partial charge in [-0.15, -0.1) is 0 Å². The number of aryl methyl sites for hydroxylation is 1. The van der Waals surface area contributed by atoms with Gasteiger partial charge in [-0.05, 0) is 29.7 Å². The molecule has 1 aromatic rings. The summed E-state index contributed by atoms with van der Waals surface area (Å²) < 4.78 is 5.37. The Labute approximate surface area is 97.2 Å². The van der Waals surface area contributed by atoms with Crippen molar-refractivity contribution in [3.05, 3.63) is 35.4 Å². The van der Waals surface area contributed by atoms with Crippen LogP contribution in [-0.4, -0.2) is 19.0 Å². The van der Waals surface area contributed by atoms with Crippen LogP contribution in [0.15, 0.2) is 24.3 Å². The maximum atomic E-state index is 5.37.